The third-order valence-electron chi connectivity index (χ3n) is 4.04. The number of carbonyl (C=O) groups is 2. The zero-order chi connectivity index (χ0) is 21.0. The number of benzene rings is 2. The van der Waals surface area contributed by atoms with Gasteiger partial charge in [0.25, 0.3) is 11.1 Å². The molecule has 0 aromatic heterocycles. The van der Waals surface area contributed by atoms with Crippen molar-refractivity contribution < 1.29 is 23.8 Å². The Kier molecular flexibility index (Phi) is 7.07. The Bertz CT molecular complexity index is 976. The summed E-state index contributed by atoms with van der Waals surface area (Å²) in [6.45, 7) is 4.82. The lowest BCUT2D eigenvalue weighted by Crippen LogP contribution is -2.28. The number of amides is 2. The molecule has 0 bridgehead atoms. The van der Waals surface area contributed by atoms with E-state index in [9.17, 15) is 9.59 Å². The second-order valence-corrected chi connectivity index (χ2v) is 8.04. The molecule has 1 heterocycles. The number of carbonyl (C=O) groups excluding carboxylic acids is 2. The molecule has 0 unspecified atom stereocenters. The van der Waals surface area contributed by atoms with Crippen LogP contribution in [0.5, 0.6) is 17.2 Å². The number of halogens is 1. The summed E-state index contributed by atoms with van der Waals surface area (Å²) in [5, 5.41) is -0.364. The maximum Gasteiger partial charge on any atom is 0.298 e. The minimum absolute atomic E-state index is 0.336. The summed E-state index contributed by atoms with van der Waals surface area (Å²) in [4.78, 5) is 27.0. The van der Waals surface area contributed by atoms with E-state index in [1.54, 1.807) is 30.3 Å². The van der Waals surface area contributed by atoms with Crippen LogP contribution in [0.25, 0.3) is 6.08 Å². The number of hydrogen-bond donors (Lipinski definition) is 0. The van der Waals surface area contributed by atoms with Crippen molar-refractivity contribution in [3.05, 3.63) is 50.4 Å². The molecule has 6 nitrogen and oxygen atoms in total. The molecule has 1 saturated heterocycles. The van der Waals surface area contributed by atoms with Gasteiger partial charge in [-0.15, -0.1) is 0 Å². The number of thioether (sulfide) groups is 1. The molecule has 0 saturated carbocycles. The number of para-hydroxylation sites is 2. The van der Waals surface area contributed by atoms with Gasteiger partial charge in [0.05, 0.1) is 34.5 Å². The first-order chi connectivity index (χ1) is 14.0. The molecule has 2 aromatic rings. The SMILES string of the molecule is CCOc1cc(/C=C2\SC(=O)N(c3ccccc3OC)C2=O)cc(I)c1OCC. The van der Waals surface area contributed by atoms with E-state index in [0.29, 0.717) is 41.1 Å². The van der Waals surface area contributed by atoms with Gasteiger partial charge in [0, 0.05) is 0 Å². The number of anilines is 1. The van der Waals surface area contributed by atoms with Crippen LogP contribution in [-0.2, 0) is 4.79 Å². The van der Waals surface area contributed by atoms with Crippen LogP contribution in [0.15, 0.2) is 41.3 Å². The maximum atomic E-state index is 13.0. The highest BCUT2D eigenvalue weighted by Gasteiger charge is 2.37. The fourth-order valence-corrected chi connectivity index (χ4v) is 4.48. The van der Waals surface area contributed by atoms with Gasteiger partial charge in [0.15, 0.2) is 11.5 Å². The van der Waals surface area contributed by atoms with Crippen molar-refractivity contribution in [1.29, 1.82) is 0 Å². The fourth-order valence-electron chi connectivity index (χ4n) is 2.86. The van der Waals surface area contributed by atoms with Crippen molar-refractivity contribution in [3.8, 4) is 17.2 Å². The molecule has 152 valence electrons. The molecule has 0 spiro atoms. The first kappa shape index (κ1) is 21.5. The first-order valence-corrected chi connectivity index (χ1v) is 10.9. The van der Waals surface area contributed by atoms with Crippen molar-refractivity contribution in [2.24, 2.45) is 0 Å². The predicted octanol–water partition coefficient (Wildman–Crippen LogP) is 5.34. The number of nitrogens with zero attached hydrogens (tertiary/aromatic N) is 1. The Labute approximate surface area is 187 Å². The average Bonchev–Trinajstić information content (AvgIpc) is 2.97. The van der Waals surface area contributed by atoms with E-state index in [4.69, 9.17) is 14.2 Å². The minimum atomic E-state index is -0.383. The number of methoxy groups -OCH3 is 1. The minimum Gasteiger partial charge on any atom is -0.495 e. The van der Waals surface area contributed by atoms with Gasteiger partial charge in [-0.3, -0.25) is 9.59 Å². The van der Waals surface area contributed by atoms with E-state index in [-0.39, 0.29) is 11.1 Å². The van der Waals surface area contributed by atoms with Crippen molar-refractivity contribution in [3.63, 3.8) is 0 Å². The molecule has 0 radical (unpaired) electrons. The van der Waals surface area contributed by atoms with Crippen molar-refractivity contribution in [2.45, 2.75) is 13.8 Å². The number of imide groups is 1. The zero-order valence-corrected chi connectivity index (χ0v) is 19.2. The van der Waals surface area contributed by atoms with E-state index < -0.39 is 0 Å². The number of hydrogen-bond acceptors (Lipinski definition) is 6. The van der Waals surface area contributed by atoms with Gasteiger partial charge in [0.2, 0.25) is 0 Å². The second kappa shape index (κ2) is 9.53. The van der Waals surface area contributed by atoms with Gasteiger partial charge in [-0.25, -0.2) is 4.90 Å². The van der Waals surface area contributed by atoms with Crippen LogP contribution in [0.2, 0.25) is 0 Å². The Morgan fingerprint density at radius 3 is 2.48 bits per heavy atom. The number of rotatable bonds is 7. The highest BCUT2D eigenvalue weighted by Crippen LogP contribution is 2.41. The predicted molar refractivity (Wildman–Crippen MR) is 123 cm³/mol. The summed E-state index contributed by atoms with van der Waals surface area (Å²) in [6.07, 6.45) is 1.70. The normalized spacial score (nSPS) is 15.2. The summed E-state index contributed by atoms with van der Waals surface area (Å²) in [5.74, 6) is 1.36. The maximum absolute atomic E-state index is 13.0. The highest BCUT2D eigenvalue weighted by molar-refractivity contribution is 14.1. The Morgan fingerprint density at radius 1 is 1.07 bits per heavy atom. The lowest BCUT2D eigenvalue weighted by molar-refractivity contribution is -0.113. The molecule has 2 amide bonds. The molecule has 1 fully saturated rings. The Morgan fingerprint density at radius 2 is 1.79 bits per heavy atom. The lowest BCUT2D eigenvalue weighted by atomic mass is 10.1. The molecule has 1 aliphatic heterocycles. The van der Waals surface area contributed by atoms with Gasteiger partial charge in [-0.2, -0.15) is 0 Å². The second-order valence-electron chi connectivity index (χ2n) is 5.88. The molecule has 29 heavy (non-hydrogen) atoms. The molecule has 0 N–H and O–H groups in total. The number of ether oxygens (including phenoxy) is 3. The quantitative estimate of drug-likeness (QED) is 0.360. The molecular weight excluding hydrogens is 505 g/mol. The van der Waals surface area contributed by atoms with Crippen LogP contribution in [0.1, 0.15) is 19.4 Å². The van der Waals surface area contributed by atoms with Gasteiger partial charge in [-0.1, -0.05) is 12.1 Å². The van der Waals surface area contributed by atoms with Crippen LogP contribution in [0.3, 0.4) is 0 Å². The monoisotopic (exact) mass is 525 g/mol. The summed E-state index contributed by atoms with van der Waals surface area (Å²) in [5.41, 5.74) is 1.18. The molecule has 0 atom stereocenters. The third kappa shape index (κ3) is 4.53. The zero-order valence-electron chi connectivity index (χ0n) is 16.2. The molecule has 8 heteroatoms. The standard InChI is InChI=1S/C21H20INO5S/c1-4-27-17-11-13(10-14(22)19(17)28-5-2)12-18-20(24)23(21(25)29-18)15-8-6-7-9-16(15)26-3/h6-12H,4-5H2,1-3H3/b18-12-. The van der Waals surface area contributed by atoms with Gasteiger partial charge < -0.3 is 14.2 Å². The summed E-state index contributed by atoms with van der Waals surface area (Å²) in [6, 6.07) is 10.7. The summed E-state index contributed by atoms with van der Waals surface area (Å²) < 4.78 is 17.5. The van der Waals surface area contributed by atoms with E-state index in [1.165, 1.54) is 7.11 Å². The van der Waals surface area contributed by atoms with E-state index in [2.05, 4.69) is 22.6 Å². The molecule has 3 rings (SSSR count). The summed E-state index contributed by atoms with van der Waals surface area (Å²) in [7, 11) is 1.50. The Balaban J connectivity index is 1.97. The lowest BCUT2D eigenvalue weighted by Gasteiger charge is -2.15. The van der Waals surface area contributed by atoms with Crippen LogP contribution < -0.4 is 19.1 Å². The van der Waals surface area contributed by atoms with Crippen molar-refractivity contribution >= 4 is 57.3 Å². The molecular formula is C21H20INO5S. The van der Waals surface area contributed by atoms with Crippen LogP contribution in [0.4, 0.5) is 10.5 Å². The van der Waals surface area contributed by atoms with E-state index in [0.717, 1.165) is 25.8 Å². The highest BCUT2D eigenvalue weighted by atomic mass is 127. The first-order valence-electron chi connectivity index (χ1n) is 9.00. The van der Waals surface area contributed by atoms with Gasteiger partial charge >= 0.3 is 0 Å². The van der Waals surface area contributed by atoms with Crippen molar-refractivity contribution in [2.75, 3.05) is 25.2 Å². The average molecular weight is 525 g/mol. The van der Waals surface area contributed by atoms with Crippen molar-refractivity contribution in [1.82, 2.24) is 0 Å². The van der Waals surface area contributed by atoms with Gasteiger partial charge in [0.1, 0.15) is 5.75 Å². The largest absolute Gasteiger partial charge is 0.495 e. The molecule has 2 aromatic carbocycles. The summed E-state index contributed by atoms with van der Waals surface area (Å²) >= 11 is 3.07. The fraction of sp³-hybridized carbons (Fsp3) is 0.238. The topological polar surface area (TPSA) is 65.1 Å². The van der Waals surface area contributed by atoms with E-state index in [1.807, 2.05) is 26.0 Å². The third-order valence-corrected chi connectivity index (χ3v) is 5.71. The Hall–Kier alpha value is -2.20. The smallest absolute Gasteiger partial charge is 0.298 e. The van der Waals surface area contributed by atoms with Crippen LogP contribution in [-0.4, -0.2) is 31.5 Å². The molecule has 1 aliphatic rings. The van der Waals surface area contributed by atoms with Crippen LogP contribution in [0, 0.1) is 3.57 Å². The van der Waals surface area contributed by atoms with Gasteiger partial charge in [-0.05, 0) is 84.1 Å². The molecule has 0 aliphatic carbocycles. The van der Waals surface area contributed by atoms with Crippen LogP contribution >= 0.6 is 34.4 Å². The van der Waals surface area contributed by atoms with E-state index >= 15 is 0 Å².